The van der Waals surface area contributed by atoms with E-state index in [1.54, 1.807) is 0 Å². The molecule has 0 aliphatic heterocycles. The maximum Gasteiger partial charge on any atom is 0.0781 e. The molecular formula is C9H14O. The summed E-state index contributed by atoms with van der Waals surface area (Å²) in [6, 6.07) is 0. The molecule has 0 radical (unpaired) electrons. The first kappa shape index (κ1) is 7.63. The monoisotopic (exact) mass is 138 g/mol. The van der Waals surface area contributed by atoms with Crippen LogP contribution in [-0.4, -0.2) is 10.7 Å². The molecule has 1 N–H and O–H groups in total. The summed E-state index contributed by atoms with van der Waals surface area (Å²) in [5.41, 5.74) is -0.533. The van der Waals surface area contributed by atoms with Crippen molar-refractivity contribution >= 4 is 0 Å². The van der Waals surface area contributed by atoms with Gasteiger partial charge in [-0.2, -0.15) is 0 Å². The second kappa shape index (κ2) is 2.64. The van der Waals surface area contributed by atoms with Gasteiger partial charge >= 0.3 is 0 Å². The molecule has 1 heteroatoms. The van der Waals surface area contributed by atoms with Crippen molar-refractivity contribution in [2.24, 2.45) is 5.92 Å². The van der Waals surface area contributed by atoms with Gasteiger partial charge in [0.1, 0.15) is 0 Å². The van der Waals surface area contributed by atoms with Gasteiger partial charge in [-0.05, 0) is 18.8 Å². The Morgan fingerprint density at radius 3 is 2.90 bits per heavy atom. The van der Waals surface area contributed by atoms with E-state index in [9.17, 15) is 5.11 Å². The molecule has 1 aliphatic rings. The molecule has 0 amide bonds. The number of terminal acetylenes is 1. The van der Waals surface area contributed by atoms with Crippen LogP contribution in [0.3, 0.4) is 0 Å². The zero-order valence-electron chi connectivity index (χ0n) is 6.43. The average Bonchev–Trinajstić information content (AvgIpc) is 2.15. The Labute approximate surface area is 62.4 Å². The fourth-order valence-electron chi connectivity index (χ4n) is 1.67. The van der Waals surface area contributed by atoms with Gasteiger partial charge in [-0.25, -0.2) is 0 Å². The van der Waals surface area contributed by atoms with E-state index in [2.05, 4.69) is 12.8 Å². The minimum absolute atomic E-state index is 0.392. The lowest BCUT2D eigenvalue weighted by molar-refractivity contribution is 0.0143. The predicted molar refractivity (Wildman–Crippen MR) is 41.4 cm³/mol. The second-order valence-corrected chi connectivity index (χ2v) is 3.28. The summed E-state index contributed by atoms with van der Waals surface area (Å²) >= 11 is 0. The topological polar surface area (TPSA) is 20.2 Å². The van der Waals surface area contributed by atoms with Gasteiger partial charge < -0.3 is 5.11 Å². The van der Waals surface area contributed by atoms with Gasteiger partial charge in [-0.3, -0.25) is 0 Å². The standard InChI is InChI=1S/C9H14O/c1-3-6-9(10)7-4-5-8(9)2/h1,8,10H,4-7H2,2H3. The average molecular weight is 138 g/mol. The van der Waals surface area contributed by atoms with Gasteiger partial charge in [-0.15, -0.1) is 12.3 Å². The van der Waals surface area contributed by atoms with Crippen LogP contribution in [0, 0.1) is 18.3 Å². The summed E-state index contributed by atoms with van der Waals surface area (Å²) < 4.78 is 0. The minimum atomic E-state index is -0.533. The van der Waals surface area contributed by atoms with Crippen LogP contribution in [0.2, 0.25) is 0 Å². The zero-order chi connectivity index (χ0) is 7.61. The molecule has 0 spiro atoms. The third-order valence-corrected chi connectivity index (χ3v) is 2.57. The van der Waals surface area contributed by atoms with Gasteiger partial charge in [0.05, 0.1) is 5.60 Å². The molecule has 0 saturated heterocycles. The minimum Gasteiger partial charge on any atom is -0.389 e. The van der Waals surface area contributed by atoms with Crippen molar-refractivity contribution in [2.75, 3.05) is 0 Å². The first-order valence-electron chi connectivity index (χ1n) is 3.85. The highest BCUT2D eigenvalue weighted by Crippen LogP contribution is 2.37. The van der Waals surface area contributed by atoms with E-state index in [1.807, 2.05) is 0 Å². The highest BCUT2D eigenvalue weighted by molar-refractivity contribution is 5.00. The molecule has 0 aromatic rings. The van der Waals surface area contributed by atoms with E-state index in [0.29, 0.717) is 12.3 Å². The van der Waals surface area contributed by atoms with Crippen molar-refractivity contribution in [3.8, 4) is 12.3 Å². The van der Waals surface area contributed by atoms with E-state index in [4.69, 9.17) is 6.42 Å². The molecule has 0 aromatic heterocycles. The molecule has 56 valence electrons. The van der Waals surface area contributed by atoms with Crippen molar-refractivity contribution in [2.45, 2.75) is 38.2 Å². The molecule has 1 nitrogen and oxygen atoms in total. The Bertz CT molecular complexity index is 157. The van der Waals surface area contributed by atoms with Crippen LogP contribution in [0.15, 0.2) is 0 Å². The smallest absolute Gasteiger partial charge is 0.0781 e. The fourth-order valence-corrected chi connectivity index (χ4v) is 1.67. The molecule has 10 heavy (non-hydrogen) atoms. The van der Waals surface area contributed by atoms with E-state index in [1.165, 1.54) is 0 Å². The lowest BCUT2D eigenvalue weighted by atomic mass is 9.90. The number of hydrogen-bond acceptors (Lipinski definition) is 1. The summed E-state index contributed by atoms with van der Waals surface area (Å²) in [7, 11) is 0. The maximum atomic E-state index is 9.82. The van der Waals surface area contributed by atoms with E-state index in [-0.39, 0.29) is 0 Å². The maximum absolute atomic E-state index is 9.82. The van der Waals surface area contributed by atoms with Crippen LogP contribution >= 0.6 is 0 Å². The summed E-state index contributed by atoms with van der Waals surface area (Å²) in [5.74, 6) is 2.92. The molecule has 1 fully saturated rings. The van der Waals surface area contributed by atoms with Crippen LogP contribution in [0.1, 0.15) is 32.6 Å². The fraction of sp³-hybridized carbons (Fsp3) is 0.778. The number of rotatable bonds is 1. The van der Waals surface area contributed by atoms with Crippen LogP contribution in [0.5, 0.6) is 0 Å². The van der Waals surface area contributed by atoms with E-state index in [0.717, 1.165) is 19.3 Å². The summed E-state index contributed by atoms with van der Waals surface area (Å²) in [5, 5.41) is 9.82. The molecule has 2 unspecified atom stereocenters. The Morgan fingerprint density at radius 2 is 2.50 bits per heavy atom. The number of aliphatic hydroxyl groups is 1. The summed E-state index contributed by atoms with van der Waals surface area (Å²) in [4.78, 5) is 0. The second-order valence-electron chi connectivity index (χ2n) is 3.28. The largest absolute Gasteiger partial charge is 0.389 e. The Hall–Kier alpha value is -0.480. The molecule has 0 heterocycles. The van der Waals surface area contributed by atoms with Crippen LogP contribution in [0.4, 0.5) is 0 Å². The van der Waals surface area contributed by atoms with Crippen LogP contribution in [-0.2, 0) is 0 Å². The zero-order valence-corrected chi connectivity index (χ0v) is 6.43. The molecule has 1 rings (SSSR count). The van der Waals surface area contributed by atoms with Gasteiger partial charge in [0, 0.05) is 6.42 Å². The molecule has 1 saturated carbocycles. The third kappa shape index (κ3) is 1.17. The van der Waals surface area contributed by atoms with Crippen molar-refractivity contribution in [1.82, 2.24) is 0 Å². The SMILES string of the molecule is C#CCC1(O)CCCC1C. The Balaban J connectivity index is 2.58. The predicted octanol–water partition coefficient (Wildman–Crippen LogP) is 1.56. The first-order chi connectivity index (χ1) is 4.69. The van der Waals surface area contributed by atoms with Gasteiger partial charge in [0.15, 0.2) is 0 Å². The molecule has 0 bridgehead atoms. The van der Waals surface area contributed by atoms with E-state index < -0.39 is 5.60 Å². The first-order valence-corrected chi connectivity index (χ1v) is 3.85. The lowest BCUT2D eigenvalue weighted by Gasteiger charge is -2.24. The quantitative estimate of drug-likeness (QED) is 0.545. The third-order valence-electron chi connectivity index (χ3n) is 2.57. The van der Waals surface area contributed by atoms with Crippen LogP contribution < -0.4 is 0 Å². The van der Waals surface area contributed by atoms with Gasteiger partial charge in [-0.1, -0.05) is 13.3 Å². The summed E-state index contributed by atoms with van der Waals surface area (Å²) in [6.45, 7) is 2.07. The van der Waals surface area contributed by atoms with Crippen molar-refractivity contribution < 1.29 is 5.11 Å². The summed E-state index contributed by atoms with van der Waals surface area (Å²) in [6.07, 6.45) is 8.80. The highest BCUT2D eigenvalue weighted by Gasteiger charge is 2.36. The van der Waals surface area contributed by atoms with Crippen LogP contribution in [0.25, 0.3) is 0 Å². The normalized spacial score (nSPS) is 39.5. The van der Waals surface area contributed by atoms with Gasteiger partial charge in [0.25, 0.3) is 0 Å². The number of hydrogen-bond donors (Lipinski definition) is 1. The van der Waals surface area contributed by atoms with Crippen molar-refractivity contribution in [3.05, 3.63) is 0 Å². The van der Waals surface area contributed by atoms with E-state index >= 15 is 0 Å². The molecule has 1 aliphatic carbocycles. The Morgan fingerprint density at radius 1 is 1.80 bits per heavy atom. The molecule has 0 aromatic carbocycles. The van der Waals surface area contributed by atoms with Crippen molar-refractivity contribution in [1.29, 1.82) is 0 Å². The Kier molecular flexibility index (Phi) is 2.01. The molecular weight excluding hydrogens is 124 g/mol. The van der Waals surface area contributed by atoms with Crippen molar-refractivity contribution in [3.63, 3.8) is 0 Å². The van der Waals surface area contributed by atoms with Gasteiger partial charge in [0.2, 0.25) is 0 Å². The highest BCUT2D eigenvalue weighted by atomic mass is 16.3. The lowest BCUT2D eigenvalue weighted by Crippen LogP contribution is -2.30. The molecule has 2 atom stereocenters.